The van der Waals surface area contributed by atoms with Crippen molar-refractivity contribution < 1.29 is 47.4 Å². The van der Waals surface area contributed by atoms with Crippen LogP contribution in [-0.2, 0) is 47.4 Å². The molecule has 0 saturated carbocycles. The number of methoxy groups -OCH3 is 1. The summed E-state index contributed by atoms with van der Waals surface area (Å²) in [7, 11) is 5.42. The van der Waals surface area contributed by atoms with Gasteiger partial charge in [-0.1, -0.05) is 0 Å². The van der Waals surface area contributed by atoms with Crippen molar-refractivity contribution in [2.75, 3.05) is 21.2 Å². The zero-order valence-corrected chi connectivity index (χ0v) is 13.2. The minimum absolute atomic E-state index is 0.713. The van der Waals surface area contributed by atoms with Gasteiger partial charge in [0, 0.05) is 0 Å². The first kappa shape index (κ1) is 36.0. The zero-order valence-electron chi connectivity index (χ0n) is 10.3. The van der Waals surface area contributed by atoms with Crippen LogP contribution in [0, 0.1) is 33.3 Å². The summed E-state index contributed by atoms with van der Waals surface area (Å²) < 4.78 is 45.3. The van der Waals surface area contributed by atoms with Gasteiger partial charge in [-0.05, 0) is 0 Å². The Kier molecular flexibility index (Phi) is 134. The van der Waals surface area contributed by atoms with Gasteiger partial charge in [0.15, 0.2) is 0 Å². The van der Waals surface area contributed by atoms with Crippen LogP contribution in [0.4, 0.5) is 0 Å². The van der Waals surface area contributed by atoms with Crippen LogP contribution < -0.4 is 0 Å². The van der Waals surface area contributed by atoms with Crippen LogP contribution in [-0.4, -0.2) is 30.2 Å². The second-order valence-corrected chi connectivity index (χ2v) is 2.36. The molecule has 0 radical (unpaired) electrons. The summed E-state index contributed by atoms with van der Waals surface area (Å²) in [6.45, 7) is 22.5. The Labute approximate surface area is 122 Å². The van der Waals surface area contributed by atoms with Gasteiger partial charge in [0.2, 0.25) is 0 Å². The van der Waals surface area contributed by atoms with Crippen LogP contribution in [0.5, 0.6) is 0 Å². The van der Waals surface area contributed by atoms with Gasteiger partial charge >= 0.3 is 122 Å². The molecular weight excluding hydrogens is 426 g/mol. The molecule has 0 spiro atoms. The minimum atomic E-state index is 0.713. The fourth-order valence-electron chi connectivity index (χ4n) is 0.389. The Morgan fingerprint density at radius 2 is 1.16 bits per heavy atom. The number of hydrogen-bond acceptors (Lipinski definition) is 2. The van der Waals surface area contributed by atoms with E-state index in [1.54, 1.807) is 7.11 Å². The van der Waals surface area contributed by atoms with E-state index in [1.807, 2.05) is 19.0 Å². The average Bonchev–Trinajstić information content (AvgIpc) is 2.54. The van der Waals surface area contributed by atoms with Gasteiger partial charge in [-0.2, -0.15) is 0 Å². The molecule has 0 bridgehead atoms. The molecule has 0 unspecified atom stereocenters. The van der Waals surface area contributed by atoms with E-state index in [2.05, 4.69) is 43.0 Å². The Morgan fingerprint density at radius 3 is 1.21 bits per heavy atom. The molecule has 0 amide bonds. The third-order valence-corrected chi connectivity index (χ3v) is 1.12. The van der Waals surface area contributed by atoms with Gasteiger partial charge in [-0.25, -0.2) is 0 Å². The average molecular weight is 435 g/mol. The van der Waals surface area contributed by atoms with Gasteiger partial charge in [-0.15, -0.1) is 0 Å². The monoisotopic (exact) mass is 435 g/mol. The maximum absolute atomic E-state index is 7.50. The number of ether oxygens (including phenoxy) is 1. The first-order chi connectivity index (χ1) is 9.22. The molecular formula is C11H9NO6W. The second kappa shape index (κ2) is 70.9. The number of hydrogen-bond donors (Lipinski definition) is 0. The molecule has 100 valence electrons. The Balaban J connectivity index is -0.0000000356. The molecule has 0 heterocycles. The summed E-state index contributed by atoms with van der Waals surface area (Å²) in [4.78, 5) is 1.84. The van der Waals surface area contributed by atoms with Gasteiger partial charge in [0.25, 0.3) is 0 Å². The molecule has 19 heavy (non-hydrogen) atoms. The molecule has 0 atom stereocenters. The number of nitrogens with zero attached hydrogens (tertiary/aromatic N) is 1. The third kappa shape index (κ3) is 62.0. The van der Waals surface area contributed by atoms with E-state index in [0.717, 1.165) is 0 Å². The first-order valence-electron chi connectivity index (χ1n) is 3.46. The predicted octanol–water partition coefficient (Wildman–Crippen LogP) is -0.0487. The summed E-state index contributed by atoms with van der Waals surface area (Å²) in [5.41, 5.74) is 2.84. The topological polar surface area (TPSA) is 112 Å². The van der Waals surface area contributed by atoms with Gasteiger partial charge < -0.3 is 0 Å². The van der Waals surface area contributed by atoms with Gasteiger partial charge in [-0.3, -0.25) is 0 Å². The normalized spacial score (nSPS) is 3.84. The van der Waals surface area contributed by atoms with Crippen molar-refractivity contribution in [3.63, 3.8) is 0 Å². The standard InChI is InChI=1S/C6H9NO.5CO.W/c1-5-6(8-4)7(2)3;5*1-2;/h2-4H3;;;;;;. The zero-order chi connectivity index (χ0) is 17.3. The fraction of sp³-hybridized carbons (Fsp3) is 0.273. The maximum atomic E-state index is 7.50. The van der Waals surface area contributed by atoms with Crippen LogP contribution in [0.25, 0.3) is 0 Å². The van der Waals surface area contributed by atoms with E-state index in [9.17, 15) is 0 Å². The van der Waals surface area contributed by atoms with Crippen LogP contribution in [0.2, 0.25) is 0 Å². The SMILES string of the molecule is COC(=C=[C]=[W])N(C)C.[C-]#[O+].[C-]#[O+].[C-]#[O+].[C-]#[O+].[C-]#[O+]. The summed E-state index contributed by atoms with van der Waals surface area (Å²) in [6.07, 6.45) is 0. The summed E-state index contributed by atoms with van der Waals surface area (Å²) >= 11 is 1.25. The predicted molar refractivity (Wildman–Crippen MR) is 52.4 cm³/mol. The van der Waals surface area contributed by atoms with E-state index in [-0.39, 0.29) is 0 Å². The van der Waals surface area contributed by atoms with Crippen molar-refractivity contribution in [1.82, 2.24) is 4.90 Å². The molecule has 0 fully saturated rings. The first-order valence-corrected chi connectivity index (χ1v) is 4.92. The molecule has 0 aliphatic rings. The van der Waals surface area contributed by atoms with Gasteiger partial charge in [0.1, 0.15) is 0 Å². The van der Waals surface area contributed by atoms with Crippen LogP contribution in [0.3, 0.4) is 0 Å². The van der Waals surface area contributed by atoms with Crippen molar-refractivity contribution in [2.45, 2.75) is 0 Å². The summed E-state index contributed by atoms with van der Waals surface area (Å²) in [5.74, 6) is 0.713. The Morgan fingerprint density at radius 1 is 0.895 bits per heavy atom. The van der Waals surface area contributed by atoms with Crippen LogP contribution >= 0.6 is 0 Å². The molecule has 0 aliphatic heterocycles. The molecule has 7 nitrogen and oxygen atoms in total. The molecule has 8 heteroatoms. The van der Waals surface area contributed by atoms with Crippen LogP contribution in [0.15, 0.2) is 11.6 Å². The van der Waals surface area contributed by atoms with E-state index in [1.165, 1.54) is 19.4 Å². The second-order valence-electron chi connectivity index (χ2n) is 1.63. The Bertz CT molecular complexity index is 306. The van der Waals surface area contributed by atoms with E-state index < -0.39 is 0 Å². The van der Waals surface area contributed by atoms with Crippen molar-refractivity contribution in [3.8, 4) is 0 Å². The van der Waals surface area contributed by atoms with Crippen molar-refractivity contribution in [1.29, 1.82) is 0 Å². The quantitative estimate of drug-likeness (QED) is 0.262. The molecule has 0 rings (SSSR count). The molecule has 0 aromatic heterocycles. The van der Waals surface area contributed by atoms with E-state index in [0.29, 0.717) is 5.88 Å². The van der Waals surface area contributed by atoms with Crippen LogP contribution in [0.1, 0.15) is 0 Å². The van der Waals surface area contributed by atoms with Crippen molar-refractivity contribution in [2.24, 2.45) is 0 Å². The number of rotatable bonds is 2. The molecule has 0 N–H and O–H groups in total. The Hall–Kier alpha value is -1.58. The molecule has 0 aromatic rings. The summed E-state index contributed by atoms with van der Waals surface area (Å²) in [5, 5.41) is 0. The van der Waals surface area contributed by atoms with Crippen molar-refractivity contribution in [3.05, 3.63) is 44.9 Å². The van der Waals surface area contributed by atoms with E-state index >= 15 is 0 Å². The fourth-order valence-corrected chi connectivity index (χ4v) is 0.703. The van der Waals surface area contributed by atoms with E-state index in [4.69, 9.17) is 28.0 Å². The molecule has 0 saturated heterocycles. The molecule has 0 aliphatic carbocycles. The third-order valence-electron chi connectivity index (χ3n) is 0.757. The van der Waals surface area contributed by atoms with Gasteiger partial charge in [0.05, 0.1) is 0 Å². The molecule has 0 aromatic carbocycles. The summed E-state index contributed by atoms with van der Waals surface area (Å²) in [6, 6.07) is 0. The van der Waals surface area contributed by atoms with Crippen molar-refractivity contribution >= 4 is 4.06 Å².